The molecule has 0 radical (unpaired) electrons. The van der Waals surface area contributed by atoms with Crippen LogP contribution < -0.4 is 0 Å². The Kier molecular flexibility index (Phi) is 2.13. The summed E-state index contributed by atoms with van der Waals surface area (Å²) in [6.45, 7) is 8.19. The van der Waals surface area contributed by atoms with Crippen molar-refractivity contribution in [3.63, 3.8) is 0 Å². The van der Waals surface area contributed by atoms with Crippen LogP contribution in [0.3, 0.4) is 0 Å². The quantitative estimate of drug-likeness (QED) is 0.469. The van der Waals surface area contributed by atoms with Crippen LogP contribution in [0.15, 0.2) is 0 Å². The van der Waals surface area contributed by atoms with Crippen LogP contribution in [0.25, 0.3) is 0 Å². The first-order valence-electron chi connectivity index (χ1n) is 3.64. The van der Waals surface area contributed by atoms with Gasteiger partial charge in [-0.2, -0.15) is 0 Å². The van der Waals surface area contributed by atoms with Gasteiger partial charge in [-0.15, -0.1) is 0 Å². The van der Waals surface area contributed by atoms with Crippen LogP contribution in [0, 0.1) is 11.8 Å². The first-order valence-corrected chi connectivity index (χ1v) is 4.16. The molecule has 0 amide bonds. The van der Waals surface area contributed by atoms with E-state index in [4.69, 9.17) is 0 Å². The van der Waals surface area contributed by atoms with Crippen LogP contribution in [0.4, 0.5) is 0 Å². The maximum Gasteiger partial charge on any atom is 0.0130 e. The lowest BCUT2D eigenvalue weighted by molar-refractivity contribution is 0.394. The van der Waals surface area contributed by atoms with Crippen molar-refractivity contribution in [2.24, 2.45) is 11.8 Å². The summed E-state index contributed by atoms with van der Waals surface area (Å²) in [5.41, 5.74) is 0. The number of hydrogen-bond acceptors (Lipinski definition) is 1. The summed E-state index contributed by atoms with van der Waals surface area (Å²) in [5, 5.41) is 0. The zero-order valence-corrected chi connectivity index (χ0v) is 7.62. The summed E-state index contributed by atoms with van der Waals surface area (Å²) in [5.74, 6) is 1.74. The third-order valence-corrected chi connectivity index (χ3v) is 3.36. The van der Waals surface area contributed by atoms with Gasteiger partial charge in [0.15, 0.2) is 0 Å². The van der Waals surface area contributed by atoms with E-state index in [9.17, 15) is 0 Å². The number of rotatable bonds is 0. The molecule has 0 saturated carbocycles. The van der Waals surface area contributed by atoms with E-state index >= 15 is 0 Å². The summed E-state index contributed by atoms with van der Waals surface area (Å²) >= 11 is 0. The Morgan fingerprint density at radius 3 is 2.00 bits per heavy atom. The standard InChI is InChI=1S/C7H16NP/c1-5-4-8(9)7(3)6(5)2/h5-7H,4,9H2,1-3H3/t5?,6-,7?/m0/s1. The van der Waals surface area contributed by atoms with Crippen molar-refractivity contribution in [2.45, 2.75) is 26.8 Å². The molecule has 0 aromatic carbocycles. The van der Waals surface area contributed by atoms with Gasteiger partial charge in [-0.05, 0) is 18.8 Å². The van der Waals surface area contributed by atoms with Crippen molar-refractivity contribution in [3.05, 3.63) is 0 Å². The van der Waals surface area contributed by atoms with Gasteiger partial charge in [0.2, 0.25) is 0 Å². The first-order chi connectivity index (χ1) is 4.13. The second kappa shape index (κ2) is 2.56. The molecule has 0 aromatic rings. The minimum Gasteiger partial charge on any atom is -0.284 e. The summed E-state index contributed by atoms with van der Waals surface area (Å²) in [4.78, 5) is 0. The fourth-order valence-corrected chi connectivity index (χ4v) is 2.05. The van der Waals surface area contributed by atoms with E-state index in [1.165, 1.54) is 6.54 Å². The van der Waals surface area contributed by atoms with Crippen molar-refractivity contribution >= 4 is 9.39 Å². The average Bonchev–Trinajstić information content (AvgIpc) is 1.98. The fraction of sp³-hybridized carbons (Fsp3) is 1.00. The van der Waals surface area contributed by atoms with Gasteiger partial charge in [0, 0.05) is 12.6 Å². The first kappa shape index (κ1) is 7.50. The highest BCUT2D eigenvalue weighted by Crippen LogP contribution is 2.30. The summed E-state index contributed by atoms with van der Waals surface area (Å²) < 4.78 is 2.36. The van der Waals surface area contributed by atoms with Gasteiger partial charge >= 0.3 is 0 Å². The molecule has 1 nitrogen and oxygen atoms in total. The van der Waals surface area contributed by atoms with E-state index in [1.54, 1.807) is 0 Å². The molecule has 0 aromatic heterocycles. The topological polar surface area (TPSA) is 3.24 Å². The van der Waals surface area contributed by atoms with Gasteiger partial charge in [0.25, 0.3) is 0 Å². The number of nitrogens with zero attached hydrogens (tertiary/aromatic N) is 1. The van der Waals surface area contributed by atoms with Crippen molar-refractivity contribution in [1.82, 2.24) is 4.67 Å². The molecule has 9 heavy (non-hydrogen) atoms. The van der Waals surface area contributed by atoms with E-state index in [1.807, 2.05) is 0 Å². The minimum atomic E-state index is 0.755. The third kappa shape index (κ3) is 1.28. The summed E-state index contributed by atoms with van der Waals surface area (Å²) in [6, 6.07) is 0.755. The minimum absolute atomic E-state index is 0.755. The molecule has 1 rings (SSSR count). The molecular formula is C7H16NP. The molecule has 3 unspecified atom stereocenters. The maximum atomic E-state index is 2.79. The smallest absolute Gasteiger partial charge is 0.0130 e. The zero-order valence-electron chi connectivity index (χ0n) is 6.46. The van der Waals surface area contributed by atoms with Crippen LogP contribution in [0.2, 0.25) is 0 Å². The molecule has 1 aliphatic rings. The molecule has 0 aliphatic carbocycles. The highest BCUT2D eigenvalue weighted by atomic mass is 31.0. The monoisotopic (exact) mass is 145 g/mol. The van der Waals surface area contributed by atoms with Crippen LogP contribution in [-0.2, 0) is 0 Å². The number of hydrogen-bond donors (Lipinski definition) is 0. The molecule has 1 heterocycles. The predicted octanol–water partition coefficient (Wildman–Crippen LogP) is 1.75. The van der Waals surface area contributed by atoms with Gasteiger partial charge < -0.3 is 0 Å². The van der Waals surface area contributed by atoms with Gasteiger partial charge in [0.1, 0.15) is 0 Å². The van der Waals surface area contributed by atoms with Crippen LogP contribution in [0.1, 0.15) is 20.8 Å². The molecule has 0 bridgehead atoms. The van der Waals surface area contributed by atoms with E-state index in [-0.39, 0.29) is 0 Å². The Morgan fingerprint density at radius 1 is 1.33 bits per heavy atom. The molecule has 4 atom stereocenters. The summed E-state index contributed by atoms with van der Waals surface area (Å²) in [7, 11) is 2.79. The van der Waals surface area contributed by atoms with Gasteiger partial charge in [-0.1, -0.05) is 23.2 Å². The lowest BCUT2D eigenvalue weighted by atomic mass is 9.95. The second-order valence-corrected chi connectivity index (χ2v) is 3.94. The van der Waals surface area contributed by atoms with Crippen LogP contribution >= 0.6 is 9.39 Å². The lowest BCUT2D eigenvalue weighted by Gasteiger charge is -2.16. The highest BCUT2D eigenvalue weighted by molar-refractivity contribution is 7.13. The molecule has 1 aliphatic heterocycles. The zero-order chi connectivity index (χ0) is 7.02. The van der Waals surface area contributed by atoms with E-state index in [0.717, 1.165) is 17.9 Å². The molecule has 0 N–H and O–H groups in total. The van der Waals surface area contributed by atoms with Crippen molar-refractivity contribution in [2.75, 3.05) is 6.54 Å². The Balaban J connectivity index is 2.54. The van der Waals surface area contributed by atoms with Crippen LogP contribution in [-0.4, -0.2) is 17.3 Å². The second-order valence-electron chi connectivity index (χ2n) is 3.27. The van der Waals surface area contributed by atoms with Crippen molar-refractivity contribution < 1.29 is 0 Å². The third-order valence-electron chi connectivity index (χ3n) is 2.68. The Hall–Kier alpha value is 0.390. The summed E-state index contributed by atoms with van der Waals surface area (Å²) in [6.07, 6.45) is 0. The van der Waals surface area contributed by atoms with E-state index in [2.05, 4.69) is 34.8 Å². The van der Waals surface area contributed by atoms with Crippen molar-refractivity contribution in [1.29, 1.82) is 0 Å². The molecule has 54 valence electrons. The van der Waals surface area contributed by atoms with Crippen molar-refractivity contribution in [3.8, 4) is 0 Å². The van der Waals surface area contributed by atoms with E-state index in [0.29, 0.717) is 0 Å². The molecule has 1 saturated heterocycles. The predicted molar refractivity (Wildman–Crippen MR) is 44.2 cm³/mol. The lowest BCUT2D eigenvalue weighted by Crippen LogP contribution is -2.18. The van der Waals surface area contributed by atoms with Gasteiger partial charge in [-0.3, -0.25) is 4.67 Å². The highest BCUT2D eigenvalue weighted by Gasteiger charge is 2.30. The normalized spacial score (nSPS) is 46.0. The van der Waals surface area contributed by atoms with Gasteiger partial charge in [0.05, 0.1) is 0 Å². The molecule has 1 fully saturated rings. The Morgan fingerprint density at radius 2 is 1.89 bits per heavy atom. The van der Waals surface area contributed by atoms with Gasteiger partial charge in [-0.25, -0.2) is 0 Å². The molecule has 2 heteroatoms. The maximum absolute atomic E-state index is 2.79. The van der Waals surface area contributed by atoms with Crippen LogP contribution in [0.5, 0.6) is 0 Å². The Bertz CT molecular complexity index is 93.1. The van der Waals surface area contributed by atoms with E-state index < -0.39 is 0 Å². The molecule has 0 spiro atoms. The Labute approximate surface area is 60.1 Å². The molecular weight excluding hydrogens is 129 g/mol. The fourth-order valence-electron chi connectivity index (χ4n) is 1.44. The SMILES string of the molecule is CC1CN(P)C(C)[C@H]1C. The largest absolute Gasteiger partial charge is 0.284 e. The average molecular weight is 145 g/mol.